The average Bonchev–Trinajstić information content (AvgIpc) is 2.82. The van der Waals surface area contributed by atoms with Gasteiger partial charge in [0.15, 0.2) is 5.78 Å². The number of ketones is 1. The van der Waals surface area contributed by atoms with Crippen LogP contribution in [0.4, 0.5) is 4.39 Å². The van der Waals surface area contributed by atoms with Crippen molar-refractivity contribution < 1.29 is 18.8 Å². The standard InChI is InChI=1S/C25H33FN4O3/c1-28(2)24(32)22-20-5-3-4-6-21(20)27-30(25(22)33)16-15-29-13-11-18(12-14-29)23(31)17-7-9-19(26)10-8-17/h7-10,18,20,22H,3-6,11-16H2,1-2H3. The van der Waals surface area contributed by atoms with E-state index in [9.17, 15) is 18.8 Å². The third-order valence-electron chi connectivity index (χ3n) is 7.22. The molecular weight excluding hydrogens is 423 g/mol. The van der Waals surface area contributed by atoms with Crippen LogP contribution in [0, 0.1) is 23.6 Å². The Morgan fingerprint density at radius 2 is 1.76 bits per heavy atom. The lowest BCUT2D eigenvalue weighted by Crippen LogP contribution is -2.53. The molecule has 0 bridgehead atoms. The molecular formula is C25H33FN4O3. The smallest absolute Gasteiger partial charge is 0.255 e. The number of carbonyl (C=O) groups is 3. The summed E-state index contributed by atoms with van der Waals surface area (Å²) in [5, 5.41) is 6.18. The van der Waals surface area contributed by atoms with Crippen molar-refractivity contribution >= 4 is 23.3 Å². The molecule has 1 saturated heterocycles. The van der Waals surface area contributed by atoms with Crippen LogP contribution in [0.15, 0.2) is 29.4 Å². The highest BCUT2D eigenvalue weighted by Gasteiger charge is 2.45. The fourth-order valence-electron chi connectivity index (χ4n) is 5.26. The zero-order valence-corrected chi connectivity index (χ0v) is 19.5. The molecule has 2 heterocycles. The molecule has 7 nitrogen and oxygen atoms in total. The molecule has 2 fully saturated rings. The second kappa shape index (κ2) is 10.1. The van der Waals surface area contributed by atoms with Crippen LogP contribution in [0.2, 0.25) is 0 Å². The largest absolute Gasteiger partial charge is 0.348 e. The molecule has 178 valence electrons. The summed E-state index contributed by atoms with van der Waals surface area (Å²) in [6.45, 7) is 2.63. The fraction of sp³-hybridized carbons (Fsp3) is 0.600. The number of halogens is 1. The van der Waals surface area contributed by atoms with E-state index in [2.05, 4.69) is 10.0 Å². The van der Waals surface area contributed by atoms with Crippen molar-refractivity contribution in [2.45, 2.75) is 38.5 Å². The SMILES string of the molecule is CN(C)C(=O)C1C(=O)N(CCN2CCC(C(=O)c3ccc(F)cc3)CC2)N=C2CCCCC21. The second-order valence-corrected chi connectivity index (χ2v) is 9.60. The minimum atomic E-state index is -0.660. The molecule has 0 spiro atoms. The Hall–Kier alpha value is -2.61. The number of rotatable bonds is 6. The van der Waals surface area contributed by atoms with Gasteiger partial charge in [0.05, 0.1) is 6.54 Å². The number of likely N-dealkylation sites (tertiary alicyclic amines) is 1. The van der Waals surface area contributed by atoms with Crippen LogP contribution in [-0.2, 0) is 9.59 Å². The van der Waals surface area contributed by atoms with E-state index in [4.69, 9.17) is 0 Å². The van der Waals surface area contributed by atoms with Gasteiger partial charge in [-0.15, -0.1) is 0 Å². The van der Waals surface area contributed by atoms with E-state index in [0.29, 0.717) is 18.7 Å². The molecule has 3 aliphatic rings. The summed E-state index contributed by atoms with van der Waals surface area (Å²) in [6.07, 6.45) is 5.25. The van der Waals surface area contributed by atoms with Crippen LogP contribution in [-0.4, -0.2) is 78.4 Å². The quantitative estimate of drug-likeness (QED) is 0.487. The fourth-order valence-corrected chi connectivity index (χ4v) is 5.26. The molecule has 2 unspecified atom stereocenters. The maximum Gasteiger partial charge on any atom is 0.255 e. The normalized spacial score (nSPS) is 24.3. The van der Waals surface area contributed by atoms with Crippen LogP contribution in [0.5, 0.6) is 0 Å². The van der Waals surface area contributed by atoms with Crippen molar-refractivity contribution in [2.75, 3.05) is 40.3 Å². The first-order valence-electron chi connectivity index (χ1n) is 12.0. The lowest BCUT2D eigenvalue weighted by Gasteiger charge is -2.39. The van der Waals surface area contributed by atoms with Gasteiger partial charge in [-0.1, -0.05) is 6.42 Å². The van der Waals surface area contributed by atoms with Gasteiger partial charge in [-0.2, -0.15) is 5.10 Å². The highest BCUT2D eigenvalue weighted by Crippen LogP contribution is 2.34. The molecule has 2 atom stereocenters. The van der Waals surface area contributed by atoms with E-state index in [-0.39, 0.29) is 35.3 Å². The van der Waals surface area contributed by atoms with Crippen molar-refractivity contribution in [3.8, 4) is 0 Å². The van der Waals surface area contributed by atoms with Crippen LogP contribution < -0.4 is 0 Å². The van der Waals surface area contributed by atoms with Crippen LogP contribution in [0.3, 0.4) is 0 Å². The van der Waals surface area contributed by atoms with Gasteiger partial charge in [0.1, 0.15) is 11.7 Å². The molecule has 1 saturated carbocycles. The average molecular weight is 457 g/mol. The Kier molecular flexibility index (Phi) is 7.22. The van der Waals surface area contributed by atoms with Crippen LogP contribution >= 0.6 is 0 Å². The first-order valence-corrected chi connectivity index (χ1v) is 12.0. The van der Waals surface area contributed by atoms with Crippen molar-refractivity contribution in [1.82, 2.24) is 14.8 Å². The minimum absolute atomic E-state index is 0.0614. The molecule has 33 heavy (non-hydrogen) atoms. The lowest BCUT2D eigenvalue weighted by molar-refractivity contribution is -0.149. The monoisotopic (exact) mass is 456 g/mol. The number of amides is 2. The lowest BCUT2D eigenvalue weighted by atomic mass is 9.76. The summed E-state index contributed by atoms with van der Waals surface area (Å²) in [4.78, 5) is 42.5. The van der Waals surface area contributed by atoms with Crippen molar-refractivity contribution in [1.29, 1.82) is 0 Å². The molecule has 2 aliphatic heterocycles. The molecule has 0 aromatic heterocycles. The summed E-state index contributed by atoms with van der Waals surface area (Å²) in [7, 11) is 3.40. The molecule has 1 aromatic carbocycles. The maximum absolute atomic E-state index is 13.2. The number of Topliss-reactive ketones (excluding diaryl/α,β-unsaturated/α-hetero) is 1. The van der Waals surface area contributed by atoms with Crippen LogP contribution in [0.25, 0.3) is 0 Å². The Morgan fingerprint density at radius 1 is 1.06 bits per heavy atom. The van der Waals surface area contributed by atoms with Crippen LogP contribution in [0.1, 0.15) is 48.9 Å². The third kappa shape index (κ3) is 5.16. The number of piperidine rings is 1. The van der Waals surface area contributed by atoms with Gasteiger partial charge in [0.2, 0.25) is 5.91 Å². The summed E-state index contributed by atoms with van der Waals surface area (Å²) in [6, 6.07) is 5.75. The van der Waals surface area contributed by atoms with Gasteiger partial charge in [-0.3, -0.25) is 14.4 Å². The minimum Gasteiger partial charge on any atom is -0.348 e. The van der Waals surface area contributed by atoms with E-state index in [1.807, 2.05) is 0 Å². The third-order valence-corrected chi connectivity index (χ3v) is 7.22. The number of benzene rings is 1. The van der Waals surface area contributed by atoms with E-state index in [0.717, 1.165) is 57.3 Å². The van der Waals surface area contributed by atoms with Crippen molar-refractivity contribution in [3.63, 3.8) is 0 Å². The molecule has 0 N–H and O–H groups in total. The number of hydrazone groups is 1. The molecule has 0 radical (unpaired) electrons. The molecule has 4 rings (SSSR count). The van der Waals surface area contributed by atoms with Crippen molar-refractivity contribution in [3.05, 3.63) is 35.6 Å². The Balaban J connectivity index is 1.34. The van der Waals surface area contributed by atoms with Crippen molar-refractivity contribution in [2.24, 2.45) is 22.9 Å². The first-order chi connectivity index (χ1) is 15.8. The summed E-state index contributed by atoms with van der Waals surface area (Å²) < 4.78 is 13.1. The molecule has 1 aliphatic carbocycles. The number of carbonyl (C=O) groups excluding carboxylic acids is 3. The first kappa shape index (κ1) is 23.5. The van der Waals surface area contributed by atoms with E-state index >= 15 is 0 Å². The Morgan fingerprint density at radius 3 is 2.42 bits per heavy atom. The summed E-state index contributed by atoms with van der Waals surface area (Å²) >= 11 is 0. The number of nitrogens with zero attached hydrogens (tertiary/aromatic N) is 4. The summed E-state index contributed by atoms with van der Waals surface area (Å²) in [5.41, 5.74) is 1.55. The zero-order valence-electron chi connectivity index (χ0n) is 19.5. The highest BCUT2D eigenvalue weighted by molar-refractivity contribution is 6.07. The van der Waals surface area contributed by atoms with Gasteiger partial charge >= 0.3 is 0 Å². The van der Waals surface area contributed by atoms with Gasteiger partial charge in [0.25, 0.3) is 5.91 Å². The number of fused-ring (bicyclic) bond motifs is 1. The second-order valence-electron chi connectivity index (χ2n) is 9.60. The van der Waals surface area contributed by atoms with Gasteiger partial charge in [-0.25, -0.2) is 9.40 Å². The van der Waals surface area contributed by atoms with Gasteiger partial charge in [-0.05, 0) is 69.5 Å². The number of hydrogen-bond acceptors (Lipinski definition) is 5. The maximum atomic E-state index is 13.2. The number of hydrogen-bond donors (Lipinski definition) is 0. The topological polar surface area (TPSA) is 73.3 Å². The van der Waals surface area contributed by atoms with E-state index in [1.54, 1.807) is 26.2 Å². The predicted molar refractivity (Wildman–Crippen MR) is 123 cm³/mol. The van der Waals surface area contributed by atoms with E-state index < -0.39 is 5.92 Å². The molecule has 8 heteroatoms. The van der Waals surface area contributed by atoms with E-state index in [1.165, 1.54) is 22.0 Å². The highest BCUT2D eigenvalue weighted by atomic mass is 19.1. The van der Waals surface area contributed by atoms with Gasteiger partial charge < -0.3 is 9.80 Å². The zero-order chi connectivity index (χ0) is 23.5. The Bertz CT molecular complexity index is 922. The van der Waals surface area contributed by atoms with Gasteiger partial charge in [0, 0.05) is 43.8 Å². The summed E-state index contributed by atoms with van der Waals surface area (Å²) in [5.74, 6) is -1.38. The molecule has 2 amide bonds. The predicted octanol–water partition coefficient (Wildman–Crippen LogP) is 2.81. The Labute approximate surface area is 194 Å². The molecule has 1 aromatic rings.